The highest BCUT2D eigenvalue weighted by Gasteiger charge is 2.05. The van der Waals surface area contributed by atoms with Gasteiger partial charge in [0.25, 0.3) is 0 Å². The molecule has 4 N–H and O–H groups in total. The molecule has 0 radical (unpaired) electrons. The highest BCUT2D eigenvalue weighted by molar-refractivity contribution is 14.1. The number of hydrogen-bond donors (Lipinski definition) is 3. The van der Waals surface area contributed by atoms with E-state index in [1.54, 1.807) is 24.3 Å². The molecule has 0 saturated heterocycles. The molecule has 2 aromatic rings. The lowest BCUT2D eigenvalue weighted by molar-refractivity contribution is -0.114. The Morgan fingerprint density at radius 1 is 1.05 bits per heavy atom. The molecule has 0 heterocycles. The molecule has 0 aliphatic carbocycles. The number of nitrogens with one attached hydrogen (secondary N) is 2. The monoisotopic (exact) mass is 395 g/mol. The van der Waals surface area contributed by atoms with Crippen molar-refractivity contribution in [2.24, 2.45) is 5.73 Å². The Hall–Kier alpha value is -2.09. The molecular formula is C15H14IN3O2. The smallest absolute Gasteiger partial charge is 0.248 e. The maximum Gasteiger partial charge on any atom is 0.248 e. The summed E-state index contributed by atoms with van der Waals surface area (Å²) < 4.78 is 1.05. The zero-order valence-electron chi connectivity index (χ0n) is 11.1. The van der Waals surface area contributed by atoms with Crippen LogP contribution < -0.4 is 16.4 Å². The molecule has 0 bridgehead atoms. The number of anilines is 2. The first kappa shape index (κ1) is 15.3. The number of benzene rings is 2. The molecule has 6 heteroatoms. The van der Waals surface area contributed by atoms with E-state index in [2.05, 4.69) is 33.2 Å². The maximum absolute atomic E-state index is 11.8. The summed E-state index contributed by atoms with van der Waals surface area (Å²) in [6.07, 6.45) is 0. The van der Waals surface area contributed by atoms with Crippen molar-refractivity contribution in [1.29, 1.82) is 0 Å². The summed E-state index contributed by atoms with van der Waals surface area (Å²) in [5.41, 5.74) is 7.10. The molecule has 2 aromatic carbocycles. The SMILES string of the molecule is NC(=O)c1ccc(NC(=O)CNc2ccccc2I)cc1. The Balaban J connectivity index is 1.90. The maximum atomic E-state index is 11.8. The van der Waals surface area contributed by atoms with E-state index < -0.39 is 5.91 Å². The normalized spacial score (nSPS) is 9.95. The highest BCUT2D eigenvalue weighted by atomic mass is 127. The third kappa shape index (κ3) is 4.45. The van der Waals surface area contributed by atoms with Crippen LogP contribution in [0.4, 0.5) is 11.4 Å². The van der Waals surface area contributed by atoms with Crippen LogP contribution in [-0.2, 0) is 4.79 Å². The van der Waals surface area contributed by atoms with Gasteiger partial charge in [0.2, 0.25) is 11.8 Å². The van der Waals surface area contributed by atoms with Gasteiger partial charge in [0.15, 0.2) is 0 Å². The van der Waals surface area contributed by atoms with Crippen molar-refractivity contribution in [3.8, 4) is 0 Å². The van der Waals surface area contributed by atoms with Gasteiger partial charge in [0.1, 0.15) is 0 Å². The summed E-state index contributed by atoms with van der Waals surface area (Å²) >= 11 is 2.20. The van der Waals surface area contributed by atoms with E-state index in [0.29, 0.717) is 11.3 Å². The van der Waals surface area contributed by atoms with Crippen LogP contribution >= 0.6 is 22.6 Å². The van der Waals surface area contributed by atoms with Crippen molar-refractivity contribution in [1.82, 2.24) is 0 Å². The largest absolute Gasteiger partial charge is 0.375 e. The number of nitrogens with two attached hydrogens (primary N) is 1. The van der Waals surface area contributed by atoms with Crippen LogP contribution in [0.25, 0.3) is 0 Å². The average Bonchev–Trinajstić information content (AvgIpc) is 2.47. The summed E-state index contributed by atoms with van der Waals surface area (Å²) in [4.78, 5) is 22.8. The highest BCUT2D eigenvalue weighted by Crippen LogP contribution is 2.16. The fourth-order valence-electron chi connectivity index (χ4n) is 1.70. The second-order valence-electron chi connectivity index (χ2n) is 4.32. The van der Waals surface area contributed by atoms with Crippen molar-refractivity contribution >= 4 is 45.8 Å². The summed E-state index contributed by atoms with van der Waals surface area (Å²) in [6.45, 7) is 0.164. The molecule has 0 aliphatic rings. The Kier molecular flexibility index (Phi) is 5.15. The Labute approximate surface area is 136 Å². The molecule has 0 fully saturated rings. The van der Waals surface area contributed by atoms with E-state index >= 15 is 0 Å². The summed E-state index contributed by atoms with van der Waals surface area (Å²) in [5.74, 6) is -0.658. The molecule has 5 nitrogen and oxygen atoms in total. The number of rotatable bonds is 5. The van der Waals surface area contributed by atoms with E-state index in [1.165, 1.54) is 0 Å². The fourth-order valence-corrected chi connectivity index (χ4v) is 2.28. The van der Waals surface area contributed by atoms with Crippen LogP contribution in [0.5, 0.6) is 0 Å². The van der Waals surface area contributed by atoms with Crippen molar-refractivity contribution in [3.05, 3.63) is 57.7 Å². The minimum Gasteiger partial charge on any atom is -0.375 e. The van der Waals surface area contributed by atoms with E-state index in [0.717, 1.165) is 9.26 Å². The number of amides is 2. The van der Waals surface area contributed by atoms with Crippen molar-refractivity contribution < 1.29 is 9.59 Å². The standard InChI is InChI=1S/C15H14IN3O2/c16-12-3-1-2-4-13(12)18-9-14(20)19-11-7-5-10(6-8-11)15(17)21/h1-8,18H,9H2,(H2,17,21)(H,19,20). The molecule has 0 spiro atoms. The molecule has 2 amide bonds. The Morgan fingerprint density at radius 3 is 2.33 bits per heavy atom. The van der Waals surface area contributed by atoms with Crippen LogP contribution in [0.15, 0.2) is 48.5 Å². The number of carbonyl (C=O) groups excluding carboxylic acids is 2. The van der Waals surface area contributed by atoms with Gasteiger partial charge in [-0.2, -0.15) is 0 Å². The van der Waals surface area contributed by atoms with Gasteiger partial charge in [-0.1, -0.05) is 12.1 Å². The van der Waals surface area contributed by atoms with Crippen LogP contribution in [0, 0.1) is 3.57 Å². The van der Waals surface area contributed by atoms with Crippen LogP contribution in [0.1, 0.15) is 10.4 Å². The first-order valence-corrected chi connectivity index (χ1v) is 7.32. The topological polar surface area (TPSA) is 84.2 Å². The number of primary amides is 1. The first-order chi connectivity index (χ1) is 10.1. The van der Waals surface area contributed by atoms with E-state index in [9.17, 15) is 9.59 Å². The van der Waals surface area contributed by atoms with Crippen LogP contribution in [-0.4, -0.2) is 18.4 Å². The number of para-hydroxylation sites is 1. The van der Waals surface area contributed by atoms with Gasteiger partial charge in [0.05, 0.1) is 6.54 Å². The van der Waals surface area contributed by atoms with Crippen LogP contribution in [0.3, 0.4) is 0 Å². The van der Waals surface area contributed by atoms with E-state index in [1.807, 2.05) is 24.3 Å². The lowest BCUT2D eigenvalue weighted by atomic mass is 10.2. The minimum atomic E-state index is -0.492. The lowest BCUT2D eigenvalue weighted by Crippen LogP contribution is -2.22. The summed E-state index contributed by atoms with van der Waals surface area (Å²) in [7, 11) is 0. The average molecular weight is 395 g/mol. The predicted molar refractivity (Wildman–Crippen MR) is 91.2 cm³/mol. The molecule has 21 heavy (non-hydrogen) atoms. The van der Waals surface area contributed by atoms with Crippen molar-refractivity contribution in [2.75, 3.05) is 17.2 Å². The molecule has 0 saturated carbocycles. The molecule has 0 aromatic heterocycles. The van der Waals surface area contributed by atoms with Crippen molar-refractivity contribution in [3.63, 3.8) is 0 Å². The lowest BCUT2D eigenvalue weighted by Gasteiger charge is -2.09. The van der Waals surface area contributed by atoms with Gasteiger partial charge < -0.3 is 16.4 Å². The first-order valence-electron chi connectivity index (χ1n) is 6.24. The van der Waals surface area contributed by atoms with Gasteiger partial charge in [-0.15, -0.1) is 0 Å². The van der Waals surface area contributed by atoms with Gasteiger partial charge in [-0.05, 0) is 59.0 Å². The Bertz CT molecular complexity index is 656. The number of halogens is 1. The summed E-state index contributed by atoms with van der Waals surface area (Å²) in [6, 6.07) is 14.2. The van der Waals surface area contributed by atoms with Crippen molar-refractivity contribution in [2.45, 2.75) is 0 Å². The molecule has 0 aliphatic heterocycles. The zero-order valence-corrected chi connectivity index (χ0v) is 13.3. The van der Waals surface area contributed by atoms with Gasteiger partial charge in [-0.3, -0.25) is 9.59 Å². The number of hydrogen-bond acceptors (Lipinski definition) is 3. The van der Waals surface area contributed by atoms with Gasteiger partial charge in [0, 0.05) is 20.5 Å². The second-order valence-corrected chi connectivity index (χ2v) is 5.49. The predicted octanol–water partition coefficient (Wildman–Crippen LogP) is 2.44. The molecule has 0 unspecified atom stereocenters. The third-order valence-electron chi connectivity index (χ3n) is 2.77. The second kappa shape index (κ2) is 7.07. The Morgan fingerprint density at radius 2 is 1.71 bits per heavy atom. The molecule has 108 valence electrons. The fraction of sp³-hybridized carbons (Fsp3) is 0.0667. The molecular weight excluding hydrogens is 381 g/mol. The molecule has 0 atom stereocenters. The van der Waals surface area contributed by atoms with E-state index in [-0.39, 0.29) is 12.5 Å². The van der Waals surface area contributed by atoms with Gasteiger partial charge >= 0.3 is 0 Å². The summed E-state index contributed by atoms with van der Waals surface area (Å²) in [5, 5.41) is 5.81. The molecule has 2 rings (SSSR count). The zero-order chi connectivity index (χ0) is 15.2. The quantitative estimate of drug-likeness (QED) is 0.680. The minimum absolute atomic E-state index is 0.164. The van der Waals surface area contributed by atoms with Gasteiger partial charge in [-0.25, -0.2) is 0 Å². The van der Waals surface area contributed by atoms with E-state index in [4.69, 9.17) is 5.73 Å². The number of carbonyl (C=O) groups is 2. The third-order valence-corrected chi connectivity index (χ3v) is 3.71. The van der Waals surface area contributed by atoms with Crippen LogP contribution in [0.2, 0.25) is 0 Å².